The topological polar surface area (TPSA) is 118 Å². The van der Waals surface area contributed by atoms with E-state index in [0.29, 0.717) is 11.9 Å². The van der Waals surface area contributed by atoms with Crippen molar-refractivity contribution in [1.29, 1.82) is 0 Å². The van der Waals surface area contributed by atoms with Crippen LogP contribution >= 0.6 is 12.4 Å². The van der Waals surface area contributed by atoms with Gasteiger partial charge in [0.15, 0.2) is 5.82 Å². The van der Waals surface area contributed by atoms with Gasteiger partial charge in [-0.15, -0.1) is 12.4 Å². The molecule has 1 aliphatic heterocycles. The standard InChI is InChI=1S/C17H24N6O3S.ClH/c1-23-17(21-16(22-23)13-7-10-18-11-8-13)20-15(24)9-12-19-27(25,26)14-5-3-2-4-6-14;/h2-6,13,18-19H,7-12H2,1H3,(H,20,21,22,24);1H. The largest absolute Gasteiger partial charge is 0.317 e. The van der Waals surface area contributed by atoms with Crippen molar-refractivity contribution in [2.75, 3.05) is 25.0 Å². The second-order valence-electron chi connectivity index (χ2n) is 6.45. The highest BCUT2D eigenvalue weighted by atomic mass is 35.5. The number of sulfonamides is 1. The molecule has 9 nitrogen and oxygen atoms in total. The Morgan fingerprint density at radius 3 is 2.61 bits per heavy atom. The van der Waals surface area contributed by atoms with Gasteiger partial charge in [-0.25, -0.2) is 17.8 Å². The smallest absolute Gasteiger partial charge is 0.240 e. The van der Waals surface area contributed by atoms with Crippen molar-refractivity contribution >= 4 is 34.3 Å². The minimum atomic E-state index is -3.62. The van der Waals surface area contributed by atoms with Crippen molar-refractivity contribution < 1.29 is 13.2 Å². The fourth-order valence-corrected chi connectivity index (χ4v) is 3.99. The maximum Gasteiger partial charge on any atom is 0.240 e. The van der Waals surface area contributed by atoms with Gasteiger partial charge in [0.05, 0.1) is 4.90 Å². The molecule has 3 N–H and O–H groups in total. The lowest BCUT2D eigenvalue weighted by atomic mass is 9.98. The lowest BCUT2D eigenvalue weighted by Crippen LogP contribution is -2.28. The fraction of sp³-hybridized carbons (Fsp3) is 0.471. The summed E-state index contributed by atoms with van der Waals surface area (Å²) in [5, 5.41) is 10.4. The van der Waals surface area contributed by atoms with Crippen molar-refractivity contribution in [3.63, 3.8) is 0 Å². The van der Waals surface area contributed by atoms with Crippen molar-refractivity contribution in [2.45, 2.75) is 30.1 Å². The van der Waals surface area contributed by atoms with Crippen LogP contribution in [0.3, 0.4) is 0 Å². The SMILES string of the molecule is Cl.Cn1nc(C2CCNCC2)nc1NC(=O)CCNS(=O)(=O)c1ccccc1. The summed E-state index contributed by atoms with van der Waals surface area (Å²) < 4.78 is 28.2. The third kappa shape index (κ3) is 5.74. The van der Waals surface area contributed by atoms with Crippen LogP contribution in [0.4, 0.5) is 5.95 Å². The normalized spacial score (nSPS) is 15.0. The average molecular weight is 429 g/mol. The first kappa shape index (κ1) is 22.3. The molecule has 1 fully saturated rings. The quantitative estimate of drug-likeness (QED) is 0.605. The molecule has 1 aromatic carbocycles. The lowest BCUT2D eigenvalue weighted by Gasteiger charge is -2.19. The highest BCUT2D eigenvalue weighted by molar-refractivity contribution is 7.89. The summed E-state index contributed by atoms with van der Waals surface area (Å²) in [5.41, 5.74) is 0. The summed E-state index contributed by atoms with van der Waals surface area (Å²) >= 11 is 0. The second-order valence-corrected chi connectivity index (χ2v) is 8.22. The first-order valence-corrected chi connectivity index (χ1v) is 10.4. The molecule has 0 unspecified atom stereocenters. The van der Waals surface area contributed by atoms with Gasteiger partial charge in [-0.2, -0.15) is 10.1 Å². The fourth-order valence-electron chi connectivity index (χ4n) is 2.94. The number of rotatable bonds is 7. The Hall–Kier alpha value is -2.01. The van der Waals surface area contributed by atoms with Crippen molar-refractivity contribution in [3.8, 4) is 0 Å². The molecule has 0 atom stereocenters. The number of hydrogen-bond acceptors (Lipinski definition) is 6. The summed E-state index contributed by atoms with van der Waals surface area (Å²) in [6, 6.07) is 8.05. The number of nitrogens with zero attached hydrogens (tertiary/aromatic N) is 3. The molecule has 11 heteroatoms. The van der Waals surface area contributed by atoms with Gasteiger partial charge in [0.25, 0.3) is 0 Å². The molecule has 154 valence electrons. The van der Waals surface area contributed by atoms with E-state index in [2.05, 4.69) is 25.4 Å². The Balaban J connectivity index is 0.00000280. The first-order chi connectivity index (χ1) is 13.0. The Labute approximate surface area is 170 Å². The number of benzene rings is 1. The van der Waals surface area contributed by atoms with Crippen LogP contribution in [0.1, 0.15) is 31.0 Å². The maximum absolute atomic E-state index is 12.1. The molecule has 3 rings (SSSR count). The Bertz CT molecular complexity index is 882. The van der Waals surface area contributed by atoms with E-state index in [0.717, 1.165) is 31.8 Å². The number of carbonyl (C=O) groups is 1. The van der Waals surface area contributed by atoms with Crippen LogP contribution in [-0.2, 0) is 21.9 Å². The molecular weight excluding hydrogens is 404 g/mol. The molecule has 0 bridgehead atoms. The molecule has 1 aliphatic rings. The average Bonchev–Trinajstić information content (AvgIpc) is 3.03. The van der Waals surface area contributed by atoms with Crippen molar-refractivity contribution in [3.05, 3.63) is 36.2 Å². The molecule has 2 aromatic rings. The molecule has 0 aliphatic carbocycles. The van der Waals surface area contributed by atoms with Crippen LogP contribution in [-0.4, -0.2) is 48.7 Å². The molecule has 0 spiro atoms. The molecule has 0 saturated carbocycles. The van der Waals surface area contributed by atoms with E-state index in [1.54, 1.807) is 29.9 Å². The summed E-state index contributed by atoms with van der Waals surface area (Å²) in [6.07, 6.45) is 1.94. The van der Waals surface area contributed by atoms with Crippen LogP contribution in [0, 0.1) is 0 Å². The number of aryl methyl sites for hydroxylation is 1. The number of halogens is 1. The summed E-state index contributed by atoms with van der Waals surface area (Å²) in [5.74, 6) is 1.08. The van der Waals surface area contributed by atoms with Gasteiger partial charge in [-0.05, 0) is 38.1 Å². The number of nitrogens with one attached hydrogen (secondary N) is 3. The highest BCUT2D eigenvalue weighted by Crippen LogP contribution is 2.23. The molecule has 28 heavy (non-hydrogen) atoms. The zero-order valence-electron chi connectivity index (χ0n) is 15.6. The molecule has 1 amide bonds. The number of aromatic nitrogens is 3. The zero-order valence-corrected chi connectivity index (χ0v) is 17.2. The predicted molar refractivity (Wildman–Crippen MR) is 108 cm³/mol. The predicted octanol–water partition coefficient (Wildman–Crippen LogP) is 1.01. The molecular formula is C17H25ClN6O3S. The van der Waals surface area contributed by atoms with Crippen molar-refractivity contribution in [2.24, 2.45) is 7.05 Å². The van der Waals surface area contributed by atoms with E-state index in [1.165, 1.54) is 12.1 Å². The second kappa shape index (κ2) is 9.97. The van der Waals surface area contributed by atoms with Gasteiger partial charge in [0, 0.05) is 25.9 Å². The van der Waals surface area contributed by atoms with Crippen LogP contribution in [0.15, 0.2) is 35.2 Å². The van der Waals surface area contributed by atoms with E-state index < -0.39 is 10.0 Å². The minimum absolute atomic E-state index is 0. The monoisotopic (exact) mass is 428 g/mol. The Morgan fingerprint density at radius 2 is 1.93 bits per heavy atom. The minimum Gasteiger partial charge on any atom is -0.317 e. The van der Waals surface area contributed by atoms with Crippen molar-refractivity contribution in [1.82, 2.24) is 24.8 Å². The van der Waals surface area contributed by atoms with Gasteiger partial charge in [-0.1, -0.05) is 18.2 Å². The van der Waals surface area contributed by atoms with Gasteiger partial charge in [-0.3, -0.25) is 10.1 Å². The van der Waals surface area contributed by atoms with E-state index >= 15 is 0 Å². The first-order valence-electron chi connectivity index (χ1n) is 8.92. The molecule has 0 radical (unpaired) electrons. The van der Waals surface area contributed by atoms with E-state index in [9.17, 15) is 13.2 Å². The van der Waals surface area contributed by atoms with Crippen LogP contribution < -0.4 is 15.4 Å². The van der Waals surface area contributed by atoms with Crippen LogP contribution in [0.2, 0.25) is 0 Å². The number of carbonyl (C=O) groups excluding carboxylic acids is 1. The zero-order chi connectivity index (χ0) is 19.3. The Kier molecular flexibility index (Phi) is 7.93. The van der Waals surface area contributed by atoms with E-state index in [4.69, 9.17) is 0 Å². The molecule has 2 heterocycles. The highest BCUT2D eigenvalue weighted by Gasteiger charge is 2.21. The lowest BCUT2D eigenvalue weighted by molar-refractivity contribution is -0.116. The van der Waals surface area contributed by atoms with E-state index in [-0.39, 0.29) is 36.2 Å². The van der Waals surface area contributed by atoms with Gasteiger partial charge in [0.2, 0.25) is 21.9 Å². The summed E-state index contributed by atoms with van der Waals surface area (Å²) in [7, 11) is -1.89. The van der Waals surface area contributed by atoms with Crippen LogP contribution in [0.5, 0.6) is 0 Å². The van der Waals surface area contributed by atoms with Gasteiger partial charge < -0.3 is 5.32 Å². The maximum atomic E-state index is 12.1. The molecule has 1 saturated heterocycles. The van der Waals surface area contributed by atoms with Gasteiger partial charge in [0.1, 0.15) is 0 Å². The Morgan fingerprint density at radius 1 is 1.25 bits per heavy atom. The van der Waals surface area contributed by atoms with E-state index in [1.807, 2.05) is 0 Å². The third-order valence-corrected chi connectivity index (χ3v) is 5.91. The number of anilines is 1. The molecule has 1 aromatic heterocycles. The third-order valence-electron chi connectivity index (χ3n) is 4.43. The number of amides is 1. The van der Waals surface area contributed by atoms with Gasteiger partial charge >= 0.3 is 0 Å². The summed E-state index contributed by atoms with van der Waals surface area (Å²) in [6.45, 7) is 1.88. The number of hydrogen-bond donors (Lipinski definition) is 3. The van der Waals surface area contributed by atoms with Crippen LogP contribution in [0.25, 0.3) is 0 Å². The number of piperidine rings is 1. The summed E-state index contributed by atoms with van der Waals surface area (Å²) in [4.78, 5) is 16.7.